The van der Waals surface area contributed by atoms with Gasteiger partial charge in [0.15, 0.2) is 5.16 Å². The molecule has 0 atom stereocenters. The number of piperazine rings is 1. The molecule has 2 fully saturated rings. The maximum absolute atomic E-state index is 13.4. The zero-order valence-corrected chi connectivity index (χ0v) is 21.1. The molecular formula is C24H32N6O4S. The summed E-state index contributed by atoms with van der Waals surface area (Å²) in [7, 11) is 0. The molecule has 2 aliphatic heterocycles. The first-order valence-corrected chi connectivity index (χ1v) is 13.1. The fourth-order valence-corrected chi connectivity index (χ4v) is 4.44. The van der Waals surface area contributed by atoms with E-state index in [2.05, 4.69) is 32.3 Å². The van der Waals surface area contributed by atoms with Gasteiger partial charge in [-0.25, -0.2) is 9.97 Å². The van der Waals surface area contributed by atoms with Gasteiger partial charge in [-0.3, -0.25) is 14.5 Å². The van der Waals surface area contributed by atoms with E-state index in [1.807, 2.05) is 23.3 Å². The number of esters is 1. The molecule has 11 heteroatoms. The number of carbonyl (C=O) groups is 2. The Balaban J connectivity index is 1.43. The van der Waals surface area contributed by atoms with Crippen molar-refractivity contribution < 1.29 is 19.1 Å². The number of aromatic nitrogens is 2. The molecular weight excluding hydrogens is 468 g/mol. The normalized spacial score (nSPS) is 16.7. The fraction of sp³-hybridized carbons (Fsp3) is 0.500. The van der Waals surface area contributed by atoms with Crippen LogP contribution in [0, 0.1) is 0 Å². The van der Waals surface area contributed by atoms with Crippen molar-refractivity contribution in [2.75, 3.05) is 82.1 Å². The van der Waals surface area contributed by atoms with Crippen LogP contribution in [-0.2, 0) is 14.3 Å². The molecule has 0 unspecified atom stereocenters. The Morgan fingerprint density at radius 3 is 2.46 bits per heavy atom. The second kappa shape index (κ2) is 12.2. The van der Waals surface area contributed by atoms with E-state index in [0.717, 1.165) is 37.7 Å². The van der Waals surface area contributed by atoms with E-state index < -0.39 is 0 Å². The molecule has 188 valence electrons. The Kier molecular flexibility index (Phi) is 8.78. The van der Waals surface area contributed by atoms with E-state index in [0.29, 0.717) is 49.3 Å². The Morgan fingerprint density at radius 2 is 1.80 bits per heavy atom. The quantitative estimate of drug-likeness (QED) is 0.329. The molecule has 1 aromatic heterocycles. The highest BCUT2D eigenvalue weighted by molar-refractivity contribution is 7.98. The lowest BCUT2D eigenvalue weighted by atomic mass is 10.2. The van der Waals surface area contributed by atoms with Gasteiger partial charge in [-0.1, -0.05) is 11.8 Å². The molecule has 1 aromatic carbocycles. The van der Waals surface area contributed by atoms with Crippen molar-refractivity contribution in [3.05, 3.63) is 36.0 Å². The summed E-state index contributed by atoms with van der Waals surface area (Å²) < 4.78 is 10.5. The van der Waals surface area contributed by atoms with Gasteiger partial charge in [-0.05, 0) is 37.4 Å². The largest absolute Gasteiger partial charge is 0.465 e. The van der Waals surface area contributed by atoms with E-state index >= 15 is 0 Å². The van der Waals surface area contributed by atoms with Gasteiger partial charge in [-0.2, -0.15) is 0 Å². The van der Waals surface area contributed by atoms with E-state index in [9.17, 15) is 9.59 Å². The first-order chi connectivity index (χ1) is 17.1. The van der Waals surface area contributed by atoms with Crippen LogP contribution < -0.4 is 10.2 Å². The van der Waals surface area contributed by atoms with Gasteiger partial charge in [0.1, 0.15) is 11.4 Å². The van der Waals surface area contributed by atoms with Crippen LogP contribution in [0.25, 0.3) is 0 Å². The van der Waals surface area contributed by atoms with Crippen molar-refractivity contribution in [2.45, 2.75) is 12.1 Å². The summed E-state index contributed by atoms with van der Waals surface area (Å²) in [4.78, 5) is 40.1. The highest BCUT2D eigenvalue weighted by Crippen LogP contribution is 2.25. The molecule has 0 radical (unpaired) electrons. The van der Waals surface area contributed by atoms with Crippen molar-refractivity contribution in [2.24, 2.45) is 0 Å². The van der Waals surface area contributed by atoms with E-state index in [1.54, 1.807) is 18.0 Å². The maximum atomic E-state index is 13.4. The lowest BCUT2D eigenvalue weighted by Crippen LogP contribution is -2.50. The maximum Gasteiger partial charge on any atom is 0.320 e. The average Bonchev–Trinajstić information content (AvgIpc) is 2.90. The molecule has 1 N–H and O–H groups in total. The number of ether oxygens (including phenoxy) is 2. The first-order valence-electron chi connectivity index (χ1n) is 11.9. The third-order valence-corrected chi connectivity index (χ3v) is 6.57. The van der Waals surface area contributed by atoms with Gasteiger partial charge in [0.25, 0.3) is 5.91 Å². The predicted molar refractivity (Wildman–Crippen MR) is 136 cm³/mol. The van der Waals surface area contributed by atoms with Crippen molar-refractivity contribution in [1.82, 2.24) is 19.8 Å². The predicted octanol–water partition coefficient (Wildman–Crippen LogP) is 2.10. The average molecular weight is 501 g/mol. The lowest BCUT2D eigenvalue weighted by Gasteiger charge is -2.34. The second-order valence-electron chi connectivity index (χ2n) is 8.26. The number of morpholine rings is 1. The molecule has 10 nitrogen and oxygen atoms in total. The number of nitrogens with one attached hydrogen (secondary N) is 1. The summed E-state index contributed by atoms with van der Waals surface area (Å²) in [6.07, 6.45) is 3.50. The number of hydrogen-bond acceptors (Lipinski definition) is 10. The zero-order chi connectivity index (χ0) is 24.6. The molecule has 2 saturated heterocycles. The van der Waals surface area contributed by atoms with Gasteiger partial charge in [-0.15, -0.1) is 0 Å². The second-order valence-corrected chi connectivity index (χ2v) is 9.04. The minimum absolute atomic E-state index is 0.124. The van der Waals surface area contributed by atoms with Crippen molar-refractivity contribution in [3.63, 3.8) is 0 Å². The smallest absolute Gasteiger partial charge is 0.320 e. The van der Waals surface area contributed by atoms with Crippen LogP contribution in [0.4, 0.5) is 17.2 Å². The summed E-state index contributed by atoms with van der Waals surface area (Å²) in [6, 6.07) is 8.12. The summed E-state index contributed by atoms with van der Waals surface area (Å²) in [5.41, 5.74) is 2.42. The molecule has 4 rings (SSSR count). The summed E-state index contributed by atoms with van der Waals surface area (Å²) >= 11 is 1.42. The molecule has 0 aliphatic carbocycles. The topological polar surface area (TPSA) is 100 Å². The Labute approximate surface area is 210 Å². The highest BCUT2D eigenvalue weighted by atomic mass is 32.2. The Morgan fingerprint density at radius 1 is 1.09 bits per heavy atom. The molecule has 35 heavy (non-hydrogen) atoms. The number of amides is 1. The molecule has 2 aliphatic rings. The van der Waals surface area contributed by atoms with Crippen LogP contribution in [0.5, 0.6) is 0 Å². The van der Waals surface area contributed by atoms with Crippen molar-refractivity contribution in [3.8, 4) is 0 Å². The summed E-state index contributed by atoms with van der Waals surface area (Å²) in [5, 5.41) is 3.91. The van der Waals surface area contributed by atoms with Crippen LogP contribution in [0.15, 0.2) is 35.6 Å². The minimum atomic E-state index is -0.237. The standard InChI is InChI=1S/C24H32N6O4S/c1-3-34-21(31)17-28-8-10-30(11-9-28)23(32)20-16-25-24(35-2)27-22(20)26-18-4-6-19(7-5-18)29-12-14-33-15-13-29/h4-7,16H,3,8-15,17H2,1-2H3,(H,25,26,27). The van der Waals surface area contributed by atoms with Crippen LogP contribution in [0.3, 0.4) is 0 Å². The van der Waals surface area contributed by atoms with Gasteiger partial charge in [0.05, 0.1) is 26.4 Å². The first kappa shape index (κ1) is 25.2. The number of rotatable bonds is 8. The molecule has 1 amide bonds. The Hall–Kier alpha value is -2.89. The number of nitrogens with zero attached hydrogens (tertiary/aromatic N) is 5. The van der Waals surface area contributed by atoms with E-state index in [-0.39, 0.29) is 18.4 Å². The Bertz CT molecular complexity index is 1010. The van der Waals surface area contributed by atoms with Gasteiger partial charge in [0.2, 0.25) is 0 Å². The minimum Gasteiger partial charge on any atom is -0.465 e. The van der Waals surface area contributed by atoms with Crippen LogP contribution in [0.2, 0.25) is 0 Å². The van der Waals surface area contributed by atoms with Crippen LogP contribution >= 0.6 is 11.8 Å². The van der Waals surface area contributed by atoms with E-state index in [1.165, 1.54) is 11.8 Å². The molecule has 0 bridgehead atoms. The summed E-state index contributed by atoms with van der Waals surface area (Å²) in [6.45, 7) is 7.91. The SMILES string of the molecule is CCOC(=O)CN1CCN(C(=O)c2cnc(SC)nc2Nc2ccc(N3CCOCC3)cc2)CC1. The number of thioether (sulfide) groups is 1. The monoisotopic (exact) mass is 500 g/mol. The fourth-order valence-electron chi connectivity index (χ4n) is 4.10. The third kappa shape index (κ3) is 6.62. The van der Waals surface area contributed by atoms with Gasteiger partial charge >= 0.3 is 5.97 Å². The lowest BCUT2D eigenvalue weighted by molar-refractivity contribution is -0.144. The third-order valence-electron chi connectivity index (χ3n) is 6.00. The van der Waals surface area contributed by atoms with E-state index in [4.69, 9.17) is 9.47 Å². The zero-order valence-electron chi connectivity index (χ0n) is 20.2. The molecule has 0 saturated carbocycles. The number of hydrogen-bond donors (Lipinski definition) is 1. The summed E-state index contributed by atoms with van der Waals surface area (Å²) in [5.74, 6) is 0.128. The molecule has 0 spiro atoms. The van der Waals surface area contributed by atoms with Gasteiger partial charge < -0.3 is 24.6 Å². The number of anilines is 3. The molecule has 3 heterocycles. The van der Waals surface area contributed by atoms with Gasteiger partial charge in [0, 0.05) is 56.8 Å². The van der Waals surface area contributed by atoms with Crippen molar-refractivity contribution in [1.29, 1.82) is 0 Å². The number of benzene rings is 1. The highest BCUT2D eigenvalue weighted by Gasteiger charge is 2.26. The number of carbonyl (C=O) groups excluding carboxylic acids is 2. The van der Waals surface area contributed by atoms with Crippen LogP contribution in [0.1, 0.15) is 17.3 Å². The van der Waals surface area contributed by atoms with Crippen molar-refractivity contribution >= 4 is 40.8 Å². The van der Waals surface area contributed by atoms with Crippen LogP contribution in [-0.4, -0.2) is 104 Å². The molecule has 2 aromatic rings.